The highest BCUT2D eigenvalue weighted by Crippen LogP contribution is 2.25. The SMILES string of the molecule is Cc1cc(NC(=O)c2ccc(CSc3ccc(Cl)cc3)cc2)ccc1Br. The van der Waals surface area contributed by atoms with Crippen LogP contribution in [-0.4, -0.2) is 5.91 Å². The molecule has 0 aliphatic carbocycles. The number of carbonyl (C=O) groups excluding carboxylic acids is 1. The zero-order valence-electron chi connectivity index (χ0n) is 14.1. The average Bonchev–Trinajstić information content (AvgIpc) is 2.65. The zero-order valence-corrected chi connectivity index (χ0v) is 17.3. The summed E-state index contributed by atoms with van der Waals surface area (Å²) in [5.41, 5.74) is 3.68. The number of aryl methyl sites for hydroxylation is 1. The van der Waals surface area contributed by atoms with E-state index in [9.17, 15) is 4.79 Å². The lowest BCUT2D eigenvalue weighted by Gasteiger charge is -2.08. The fourth-order valence-electron chi connectivity index (χ4n) is 2.38. The molecule has 0 heterocycles. The lowest BCUT2D eigenvalue weighted by molar-refractivity contribution is 0.102. The van der Waals surface area contributed by atoms with Gasteiger partial charge in [0.1, 0.15) is 0 Å². The first-order valence-electron chi connectivity index (χ1n) is 8.06. The van der Waals surface area contributed by atoms with Crippen molar-refractivity contribution in [2.75, 3.05) is 5.32 Å². The van der Waals surface area contributed by atoms with Crippen LogP contribution in [0.4, 0.5) is 5.69 Å². The molecule has 132 valence electrons. The standard InChI is InChI=1S/C21H17BrClNOS/c1-14-12-18(8-11-20(14)22)24-21(25)16-4-2-15(3-5-16)13-26-19-9-6-17(23)7-10-19/h2-12H,13H2,1H3,(H,24,25). The fraction of sp³-hybridized carbons (Fsp3) is 0.0952. The van der Waals surface area contributed by atoms with Gasteiger partial charge in [0.2, 0.25) is 0 Å². The molecule has 3 aromatic rings. The van der Waals surface area contributed by atoms with E-state index in [0.717, 1.165) is 26.5 Å². The van der Waals surface area contributed by atoms with Gasteiger partial charge in [-0.1, -0.05) is 39.7 Å². The van der Waals surface area contributed by atoms with Crippen LogP contribution in [-0.2, 0) is 5.75 Å². The molecule has 5 heteroatoms. The molecule has 0 aliphatic heterocycles. The van der Waals surface area contributed by atoms with Gasteiger partial charge in [-0.15, -0.1) is 11.8 Å². The predicted octanol–water partition coefficient (Wildman–Crippen LogP) is 6.96. The Balaban J connectivity index is 1.60. The molecular formula is C21H17BrClNOS. The molecule has 0 saturated heterocycles. The molecule has 3 rings (SSSR count). The van der Waals surface area contributed by atoms with Gasteiger partial charge in [-0.2, -0.15) is 0 Å². The molecule has 0 aromatic heterocycles. The van der Waals surface area contributed by atoms with Crippen molar-refractivity contribution in [3.63, 3.8) is 0 Å². The van der Waals surface area contributed by atoms with E-state index in [2.05, 4.69) is 21.2 Å². The van der Waals surface area contributed by atoms with Gasteiger partial charge in [0, 0.05) is 31.4 Å². The second-order valence-corrected chi connectivity index (χ2v) is 8.20. The van der Waals surface area contributed by atoms with Crippen LogP contribution in [0.15, 0.2) is 76.1 Å². The number of nitrogens with one attached hydrogen (secondary N) is 1. The highest BCUT2D eigenvalue weighted by atomic mass is 79.9. The summed E-state index contributed by atoms with van der Waals surface area (Å²) in [5, 5.41) is 3.67. The number of halogens is 2. The Hall–Kier alpha value is -1.75. The first kappa shape index (κ1) is 19.0. The number of benzene rings is 3. The molecule has 0 spiro atoms. The van der Waals surface area contributed by atoms with Gasteiger partial charge in [0.25, 0.3) is 5.91 Å². The largest absolute Gasteiger partial charge is 0.322 e. The van der Waals surface area contributed by atoms with Crippen molar-refractivity contribution >= 4 is 50.9 Å². The van der Waals surface area contributed by atoms with Gasteiger partial charge in [-0.3, -0.25) is 4.79 Å². The van der Waals surface area contributed by atoms with Crippen molar-refractivity contribution in [3.8, 4) is 0 Å². The van der Waals surface area contributed by atoms with Crippen molar-refractivity contribution in [2.24, 2.45) is 0 Å². The van der Waals surface area contributed by atoms with E-state index < -0.39 is 0 Å². The Morgan fingerprint density at radius 1 is 1.04 bits per heavy atom. The van der Waals surface area contributed by atoms with Crippen molar-refractivity contribution < 1.29 is 4.79 Å². The number of carbonyl (C=O) groups is 1. The van der Waals surface area contributed by atoms with E-state index in [0.29, 0.717) is 5.56 Å². The van der Waals surface area contributed by atoms with E-state index in [1.807, 2.05) is 73.7 Å². The molecule has 0 atom stereocenters. The lowest BCUT2D eigenvalue weighted by Crippen LogP contribution is -2.11. The molecule has 2 nitrogen and oxygen atoms in total. The first-order chi connectivity index (χ1) is 12.5. The van der Waals surface area contributed by atoms with Crippen molar-refractivity contribution in [1.82, 2.24) is 0 Å². The van der Waals surface area contributed by atoms with Crippen LogP contribution in [0.2, 0.25) is 5.02 Å². The van der Waals surface area contributed by atoms with Crippen LogP contribution < -0.4 is 5.32 Å². The predicted molar refractivity (Wildman–Crippen MR) is 114 cm³/mol. The quantitative estimate of drug-likeness (QED) is 0.429. The van der Waals surface area contributed by atoms with E-state index in [1.165, 1.54) is 10.5 Å². The maximum absolute atomic E-state index is 12.4. The van der Waals surface area contributed by atoms with Crippen LogP contribution in [0.3, 0.4) is 0 Å². The zero-order chi connectivity index (χ0) is 18.5. The molecule has 0 bridgehead atoms. The minimum Gasteiger partial charge on any atom is -0.322 e. The van der Waals surface area contributed by atoms with Crippen LogP contribution in [0.1, 0.15) is 21.5 Å². The highest BCUT2D eigenvalue weighted by Gasteiger charge is 2.07. The molecule has 0 radical (unpaired) electrons. The molecule has 0 unspecified atom stereocenters. The smallest absolute Gasteiger partial charge is 0.255 e. The first-order valence-corrected chi connectivity index (χ1v) is 10.2. The maximum Gasteiger partial charge on any atom is 0.255 e. The number of hydrogen-bond acceptors (Lipinski definition) is 2. The molecule has 1 N–H and O–H groups in total. The van der Waals surface area contributed by atoms with Crippen molar-refractivity contribution in [2.45, 2.75) is 17.6 Å². The maximum atomic E-state index is 12.4. The Labute approximate surface area is 171 Å². The van der Waals surface area contributed by atoms with Gasteiger partial charge in [0.15, 0.2) is 0 Å². The van der Waals surface area contributed by atoms with E-state index in [1.54, 1.807) is 11.8 Å². The molecular weight excluding hydrogens is 430 g/mol. The van der Waals surface area contributed by atoms with Crippen LogP contribution >= 0.6 is 39.3 Å². The number of rotatable bonds is 5. The van der Waals surface area contributed by atoms with Crippen LogP contribution in [0.25, 0.3) is 0 Å². The number of hydrogen-bond donors (Lipinski definition) is 1. The third-order valence-corrected chi connectivity index (χ3v) is 6.08. The number of thioether (sulfide) groups is 1. The monoisotopic (exact) mass is 445 g/mol. The van der Waals surface area contributed by atoms with Crippen LogP contribution in [0.5, 0.6) is 0 Å². The fourth-order valence-corrected chi connectivity index (χ4v) is 3.60. The van der Waals surface area contributed by atoms with Crippen molar-refractivity contribution in [1.29, 1.82) is 0 Å². The Bertz CT molecular complexity index is 910. The van der Waals surface area contributed by atoms with Gasteiger partial charge in [0.05, 0.1) is 0 Å². The number of amides is 1. The summed E-state index contributed by atoms with van der Waals surface area (Å²) in [6, 6.07) is 21.3. The third-order valence-electron chi connectivity index (χ3n) is 3.85. The molecule has 0 saturated carbocycles. The normalized spacial score (nSPS) is 10.6. The van der Waals surface area contributed by atoms with Gasteiger partial charge < -0.3 is 5.32 Å². The lowest BCUT2D eigenvalue weighted by atomic mass is 10.1. The molecule has 3 aromatic carbocycles. The van der Waals surface area contributed by atoms with Gasteiger partial charge in [-0.25, -0.2) is 0 Å². The summed E-state index contributed by atoms with van der Waals surface area (Å²) >= 11 is 11.1. The van der Waals surface area contributed by atoms with E-state index in [4.69, 9.17) is 11.6 Å². The van der Waals surface area contributed by atoms with Crippen molar-refractivity contribution in [3.05, 3.63) is 92.9 Å². The molecule has 26 heavy (non-hydrogen) atoms. The van der Waals surface area contributed by atoms with E-state index in [-0.39, 0.29) is 5.91 Å². The topological polar surface area (TPSA) is 29.1 Å². The summed E-state index contributed by atoms with van der Waals surface area (Å²) in [6.45, 7) is 1.99. The summed E-state index contributed by atoms with van der Waals surface area (Å²) < 4.78 is 1.03. The van der Waals surface area contributed by atoms with Gasteiger partial charge in [-0.05, 0) is 72.6 Å². The average molecular weight is 447 g/mol. The summed E-state index contributed by atoms with van der Waals surface area (Å²) in [6.07, 6.45) is 0. The third kappa shape index (κ3) is 5.13. The summed E-state index contributed by atoms with van der Waals surface area (Å²) in [4.78, 5) is 13.6. The minimum atomic E-state index is -0.108. The number of anilines is 1. The Kier molecular flexibility index (Phi) is 6.41. The summed E-state index contributed by atoms with van der Waals surface area (Å²) in [7, 11) is 0. The molecule has 0 fully saturated rings. The minimum absolute atomic E-state index is 0.108. The Morgan fingerprint density at radius 3 is 2.38 bits per heavy atom. The molecule has 0 aliphatic rings. The summed E-state index contributed by atoms with van der Waals surface area (Å²) in [5.74, 6) is 0.735. The Morgan fingerprint density at radius 2 is 1.73 bits per heavy atom. The second-order valence-electron chi connectivity index (χ2n) is 5.86. The van der Waals surface area contributed by atoms with Crippen LogP contribution in [0, 0.1) is 6.92 Å². The molecule has 1 amide bonds. The van der Waals surface area contributed by atoms with E-state index >= 15 is 0 Å². The highest BCUT2D eigenvalue weighted by molar-refractivity contribution is 9.10. The second kappa shape index (κ2) is 8.76. The van der Waals surface area contributed by atoms with Gasteiger partial charge >= 0.3 is 0 Å².